The summed E-state index contributed by atoms with van der Waals surface area (Å²) in [4.78, 5) is 15.5. The van der Waals surface area contributed by atoms with Crippen molar-refractivity contribution in [2.24, 2.45) is 34.5 Å². The molecule has 6 unspecified atom stereocenters. The predicted octanol–water partition coefficient (Wildman–Crippen LogP) is 3.46. The van der Waals surface area contributed by atoms with Gasteiger partial charge in [-0.2, -0.15) is 0 Å². The standard InChI is InChI=1S/C18H27NO/c1-12-3-2-4-19(10-12)16(20)17-7-13-5-14-6-15(9-17)18(14,8-13)11-17/h12-15H,2-11H2,1H3. The highest BCUT2D eigenvalue weighted by atomic mass is 16.2. The molecule has 1 heterocycles. The lowest BCUT2D eigenvalue weighted by atomic mass is 9.55. The molecule has 1 saturated heterocycles. The minimum absolute atomic E-state index is 0.0931. The molecule has 20 heavy (non-hydrogen) atoms. The molecule has 4 aliphatic carbocycles. The molecule has 0 aromatic carbocycles. The van der Waals surface area contributed by atoms with Crippen LogP contribution in [0.25, 0.3) is 0 Å². The average molecular weight is 273 g/mol. The first-order valence-electron chi connectivity index (χ1n) is 8.91. The maximum Gasteiger partial charge on any atom is 0.228 e. The molecule has 110 valence electrons. The molecular weight excluding hydrogens is 246 g/mol. The Labute approximate surface area is 122 Å². The zero-order chi connectivity index (χ0) is 13.5. The van der Waals surface area contributed by atoms with E-state index in [4.69, 9.17) is 0 Å². The average Bonchev–Trinajstić information content (AvgIpc) is 2.74. The van der Waals surface area contributed by atoms with E-state index in [0.717, 1.165) is 30.8 Å². The van der Waals surface area contributed by atoms with Gasteiger partial charge in [0.05, 0.1) is 5.41 Å². The van der Waals surface area contributed by atoms with Crippen molar-refractivity contribution in [3.63, 3.8) is 0 Å². The van der Waals surface area contributed by atoms with Crippen LogP contribution in [0, 0.1) is 34.5 Å². The second-order valence-corrected chi connectivity index (χ2v) is 9.03. The molecular formula is C18H27NO. The van der Waals surface area contributed by atoms with Gasteiger partial charge in [0.25, 0.3) is 0 Å². The summed E-state index contributed by atoms with van der Waals surface area (Å²) in [5, 5.41) is 0. The van der Waals surface area contributed by atoms with Gasteiger partial charge in [0.15, 0.2) is 0 Å². The third kappa shape index (κ3) is 1.30. The van der Waals surface area contributed by atoms with Gasteiger partial charge in [-0.15, -0.1) is 0 Å². The lowest BCUT2D eigenvalue weighted by Gasteiger charge is -2.49. The van der Waals surface area contributed by atoms with Crippen LogP contribution >= 0.6 is 0 Å². The van der Waals surface area contributed by atoms with Crippen molar-refractivity contribution < 1.29 is 4.79 Å². The van der Waals surface area contributed by atoms with Gasteiger partial charge in [0, 0.05) is 13.1 Å². The molecule has 1 aliphatic heterocycles. The largest absolute Gasteiger partial charge is 0.342 e. The molecule has 2 nitrogen and oxygen atoms in total. The number of carbonyl (C=O) groups excluding carboxylic acids is 1. The molecule has 1 amide bonds. The van der Waals surface area contributed by atoms with Crippen LogP contribution in [0.4, 0.5) is 0 Å². The number of hydrogen-bond donors (Lipinski definition) is 0. The first-order chi connectivity index (χ1) is 9.61. The summed E-state index contributed by atoms with van der Waals surface area (Å²) in [6, 6.07) is 0. The number of nitrogens with zero attached hydrogens (tertiary/aromatic N) is 1. The fraction of sp³-hybridized carbons (Fsp3) is 0.944. The van der Waals surface area contributed by atoms with Crippen molar-refractivity contribution in [3.8, 4) is 0 Å². The Hall–Kier alpha value is -0.530. The molecule has 5 fully saturated rings. The van der Waals surface area contributed by atoms with E-state index in [1.165, 1.54) is 51.4 Å². The van der Waals surface area contributed by atoms with E-state index >= 15 is 0 Å². The van der Waals surface area contributed by atoms with Crippen LogP contribution < -0.4 is 0 Å². The van der Waals surface area contributed by atoms with Gasteiger partial charge in [-0.3, -0.25) is 4.79 Å². The molecule has 5 aliphatic rings. The summed E-state index contributed by atoms with van der Waals surface area (Å²) >= 11 is 0. The maximum atomic E-state index is 13.3. The number of amides is 1. The number of hydrogen-bond acceptors (Lipinski definition) is 1. The first kappa shape index (κ1) is 12.1. The fourth-order valence-corrected chi connectivity index (χ4v) is 7.32. The van der Waals surface area contributed by atoms with E-state index in [1.54, 1.807) is 0 Å². The van der Waals surface area contributed by atoms with Crippen molar-refractivity contribution in [3.05, 3.63) is 0 Å². The minimum atomic E-state index is 0.0931. The van der Waals surface area contributed by atoms with Crippen molar-refractivity contribution >= 4 is 5.91 Å². The van der Waals surface area contributed by atoms with Crippen LogP contribution in [0.1, 0.15) is 58.3 Å². The smallest absolute Gasteiger partial charge is 0.228 e. The van der Waals surface area contributed by atoms with Gasteiger partial charge in [-0.25, -0.2) is 0 Å². The third-order valence-electron chi connectivity index (χ3n) is 7.86. The highest BCUT2D eigenvalue weighted by Crippen LogP contribution is 2.79. The fourth-order valence-electron chi connectivity index (χ4n) is 7.32. The Morgan fingerprint density at radius 2 is 2.05 bits per heavy atom. The molecule has 2 heteroatoms. The summed E-state index contributed by atoms with van der Waals surface area (Å²) in [7, 11) is 0. The van der Waals surface area contributed by atoms with Gasteiger partial charge >= 0.3 is 0 Å². The number of fused-ring (bicyclic) bond motifs is 2. The Balaban J connectivity index is 1.45. The van der Waals surface area contributed by atoms with Crippen LogP contribution in [0.5, 0.6) is 0 Å². The molecule has 0 aromatic rings. The van der Waals surface area contributed by atoms with Gasteiger partial charge in [0.2, 0.25) is 5.91 Å². The summed E-state index contributed by atoms with van der Waals surface area (Å²) in [5.41, 5.74) is 0.746. The highest BCUT2D eigenvalue weighted by Gasteiger charge is 2.72. The SMILES string of the molecule is CC1CCCN(C(=O)C23CC4CC5CC(C2)C5(C4)C3)C1. The maximum absolute atomic E-state index is 13.3. The molecule has 0 N–H and O–H groups in total. The Morgan fingerprint density at radius 1 is 1.15 bits per heavy atom. The lowest BCUT2D eigenvalue weighted by molar-refractivity contribution is -0.146. The predicted molar refractivity (Wildman–Crippen MR) is 78.0 cm³/mol. The van der Waals surface area contributed by atoms with Crippen molar-refractivity contribution in [2.75, 3.05) is 13.1 Å². The van der Waals surface area contributed by atoms with Crippen molar-refractivity contribution in [1.82, 2.24) is 4.90 Å². The zero-order valence-corrected chi connectivity index (χ0v) is 12.7. The summed E-state index contributed by atoms with van der Waals surface area (Å²) in [6.45, 7) is 4.39. The second kappa shape index (κ2) is 3.62. The Morgan fingerprint density at radius 3 is 2.90 bits per heavy atom. The van der Waals surface area contributed by atoms with Gasteiger partial charge in [0.1, 0.15) is 0 Å². The van der Waals surface area contributed by atoms with Crippen LogP contribution in [0.15, 0.2) is 0 Å². The number of rotatable bonds is 1. The van der Waals surface area contributed by atoms with Crippen LogP contribution in [0.2, 0.25) is 0 Å². The molecule has 6 atom stereocenters. The molecule has 0 radical (unpaired) electrons. The normalized spacial score (nSPS) is 55.8. The second-order valence-electron chi connectivity index (χ2n) is 9.03. The number of piperidine rings is 1. The Kier molecular flexibility index (Phi) is 2.18. The highest BCUT2D eigenvalue weighted by molar-refractivity contribution is 5.84. The molecule has 5 rings (SSSR count). The van der Waals surface area contributed by atoms with Crippen molar-refractivity contribution in [1.29, 1.82) is 0 Å². The van der Waals surface area contributed by atoms with Gasteiger partial charge in [-0.05, 0) is 80.5 Å². The van der Waals surface area contributed by atoms with Gasteiger partial charge < -0.3 is 4.90 Å². The third-order valence-corrected chi connectivity index (χ3v) is 7.86. The minimum Gasteiger partial charge on any atom is -0.342 e. The van der Waals surface area contributed by atoms with E-state index in [9.17, 15) is 4.79 Å². The zero-order valence-electron chi connectivity index (χ0n) is 12.7. The summed E-state index contributed by atoms with van der Waals surface area (Å²) in [6.07, 6.45) is 10.7. The molecule has 3 bridgehead atoms. The topological polar surface area (TPSA) is 20.3 Å². The Bertz CT molecular complexity index is 470. The van der Waals surface area contributed by atoms with E-state index in [-0.39, 0.29) is 5.41 Å². The van der Waals surface area contributed by atoms with Crippen molar-refractivity contribution in [2.45, 2.75) is 58.3 Å². The molecule has 0 aromatic heterocycles. The number of carbonyl (C=O) groups is 1. The van der Waals surface area contributed by atoms with E-state index in [2.05, 4.69) is 11.8 Å². The lowest BCUT2D eigenvalue weighted by Crippen LogP contribution is -2.48. The van der Waals surface area contributed by atoms with Crippen LogP contribution in [0.3, 0.4) is 0 Å². The quantitative estimate of drug-likeness (QED) is 0.716. The number of likely N-dealkylation sites (tertiary alicyclic amines) is 1. The van der Waals surface area contributed by atoms with E-state index in [0.29, 0.717) is 17.2 Å². The van der Waals surface area contributed by atoms with E-state index in [1.807, 2.05) is 0 Å². The van der Waals surface area contributed by atoms with Gasteiger partial charge in [-0.1, -0.05) is 6.92 Å². The molecule has 4 saturated carbocycles. The summed E-state index contributed by atoms with van der Waals surface area (Å²) < 4.78 is 0. The molecule has 1 spiro atoms. The van der Waals surface area contributed by atoms with Crippen LogP contribution in [-0.4, -0.2) is 23.9 Å². The van der Waals surface area contributed by atoms with E-state index < -0.39 is 0 Å². The summed E-state index contributed by atoms with van der Waals surface area (Å²) in [5.74, 6) is 4.12. The van der Waals surface area contributed by atoms with Crippen LogP contribution in [-0.2, 0) is 4.79 Å². The first-order valence-corrected chi connectivity index (χ1v) is 8.91. The monoisotopic (exact) mass is 273 g/mol.